The largest absolute Gasteiger partial charge is 0.493 e. The predicted molar refractivity (Wildman–Crippen MR) is 121 cm³/mol. The number of amides is 1. The lowest BCUT2D eigenvalue weighted by atomic mass is 10.3. The van der Waals surface area contributed by atoms with Crippen molar-refractivity contribution in [2.45, 2.75) is 84.9 Å². The van der Waals surface area contributed by atoms with Crippen LogP contribution in [0.3, 0.4) is 0 Å². The molecule has 1 amide bonds. The van der Waals surface area contributed by atoms with Crippen molar-refractivity contribution in [1.82, 2.24) is 4.90 Å². The van der Waals surface area contributed by atoms with E-state index in [0.29, 0.717) is 5.57 Å². The van der Waals surface area contributed by atoms with Crippen molar-refractivity contribution >= 4 is 39.7 Å². The first-order valence-corrected chi connectivity index (χ1v) is 21.4. The molecule has 1 atom stereocenters. The minimum Gasteiger partial charge on any atom is -0.416 e. The van der Waals surface area contributed by atoms with Crippen LogP contribution in [0.4, 0.5) is 0 Å². The summed E-state index contributed by atoms with van der Waals surface area (Å²) in [5.74, 6) is -0.0775. The van der Waals surface area contributed by atoms with E-state index in [1.807, 2.05) is 7.05 Å². The van der Waals surface area contributed by atoms with E-state index in [9.17, 15) is 4.79 Å². The Kier molecular flexibility index (Phi) is 8.96. The smallest absolute Gasteiger partial charge is 0.416 e. The molecule has 0 aliphatic carbocycles. The van der Waals surface area contributed by atoms with Crippen LogP contribution in [0.1, 0.15) is 20.3 Å². The fraction of sp³-hybridized carbons (Fsp3) is 0.824. The highest BCUT2D eigenvalue weighted by atomic mass is 28.5. The highest BCUT2D eigenvalue weighted by Gasteiger charge is 2.57. The van der Waals surface area contributed by atoms with Crippen LogP contribution in [0.5, 0.6) is 0 Å². The summed E-state index contributed by atoms with van der Waals surface area (Å²) in [6.45, 7) is 27.0. The number of rotatable bonds is 10. The van der Waals surface area contributed by atoms with Gasteiger partial charge in [0.05, 0.1) is 5.67 Å². The molecule has 0 aromatic rings. The summed E-state index contributed by atoms with van der Waals surface area (Å²) in [4.78, 5) is 14.4. The molecule has 5 nitrogen and oxygen atoms in total. The maximum Gasteiger partial charge on any atom is 0.493 e. The lowest BCUT2D eigenvalue weighted by Gasteiger charge is -2.48. The van der Waals surface area contributed by atoms with Crippen molar-refractivity contribution in [3.05, 3.63) is 12.2 Å². The zero-order valence-electron chi connectivity index (χ0n) is 19.1. The first-order chi connectivity index (χ1) is 11.3. The third-order valence-corrected chi connectivity index (χ3v) is 15.7. The number of hydrogen-bond acceptors (Lipinski definition) is 4. The topological polar surface area (TPSA) is 48.0 Å². The Morgan fingerprint density at radius 3 is 1.38 bits per heavy atom. The Morgan fingerprint density at radius 1 is 0.885 bits per heavy atom. The van der Waals surface area contributed by atoms with Crippen molar-refractivity contribution in [2.75, 3.05) is 7.05 Å². The molecule has 0 aliphatic rings. The van der Waals surface area contributed by atoms with Gasteiger partial charge in [-0.3, -0.25) is 4.79 Å². The third-order valence-electron chi connectivity index (χ3n) is 3.29. The maximum absolute atomic E-state index is 12.7. The zero-order valence-corrected chi connectivity index (χ0v) is 23.1. The van der Waals surface area contributed by atoms with Gasteiger partial charge in [-0.1, -0.05) is 13.5 Å². The molecule has 26 heavy (non-hydrogen) atoms. The second-order valence-corrected chi connectivity index (χ2v) is 26.9. The fourth-order valence-corrected chi connectivity index (χ4v) is 17.3. The summed E-state index contributed by atoms with van der Waals surface area (Å²) in [7, 11) is -7.28. The van der Waals surface area contributed by atoms with E-state index in [-0.39, 0.29) is 11.6 Å². The minimum atomic E-state index is -3.15. The number of carbonyl (C=O) groups excluding carboxylic acids is 1. The Bertz CT molecular complexity index is 466. The van der Waals surface area contributed by atoms with Gasteiger partial charge in [-0.15, -0.1) is 0 Å². The predicted octanol–water partition coefficient (Wildman–Crippen LogP) is 4.83. The summed E-state index contributed by atoms with van der Waals surface area (Å²) < 4.78 is 20.3. The first-order valence-electron chi connectivity index (χ1n) is 9.37. The van der Waals surface area contributed by atoms with Gasteiger partial charge >= 0.3 is 8.80 Å². The average Bonchev–Trinajstić information content (AvgIpc) is 2.31. The van der Waals surface area contributed by atoms with E-state index < -0.39 is 33.8 Å². The molecule has 1 unspecified atom stereocenters. The summed E-state index contributed by atoms with van der Waals surface area (Å²) in [6, 6.07) is 0. The lowest BCUT2D eigenvalue weighted by molar-refractivity contribution is -0.127. The van der Waals surface area contributed by atoms with Crippen molar-refractivity contribution in [3.8, 4) is 0 Å². The van der Waals surface area contributed by atoms with Gasteiger partial charge in [0, 0.05) is 12.6 Å². The summed E-state index contributed by atoms with van der Waals surface area (Å²) >= 11 is 0. The van der Waals surface area contributed by atoms with Gasteiger partial charge in [-0.2, -0.15) is 0 Å². The standard InChI is InChI=1S/C17H41NO4Si4/c1-14-16(18(4)17(19)15(2)3)26(20-23(5,6)7,21-24(8,9)10)22-25(11,12)13/h16H,2,14H2,1,3-13H3. The van der Waals surface area contributed by atoms with Crippen LogP contribution in [0.2, 0.25) is 58.9 Å². The Hall–Kier alpha value is -0.0425. The minimum absolute atomic E-state index is 0.0775. The van der Waals surface area contributed by atoms with Gasteiger partial charge in [0.2, 0.25) is 5.91 Å². The van der Waals surface area contributed by atoms with Crippen LogP contribution < -0.4 is 0 Å². The van der Waals surface area contributed by atoms with Crippen molar-refractivity contribution in [2.24, 2.45) is 0 Å². The Morgan fingerprint density at radius 2 is 1.19 bits per heavy atom. The molecule has 0 N–H and O–H groups in total. The molecular weight excluding hydrogens is 395 g/mol. The molecule has 0 saturated heterocycles. The molecule has 9 heteroatoms. The normalized spacial score (nSPS) is 14.9. The molecule has 0 fully saturated rings. The number of hydrogen-bond donors (Lipinski definition) is 0. The van der Waals surface area contributed by atoms with E-state index in [1.54, 1.807) is 11.8 Å². The van der Waals surface area contributed by atoms with Crippen molar-refractivity contribution < 1.29 is 17.1 Å². The van der Waals surface area contributed by atoms with Gasteiger partial charge in [-0.25, -0.2) is 0 Å². The molecule has 0 aromatic heterocycles. The molecule has 154 valence electrons. The van der Waals surface area contributed by atoms with Crippen LogP contribution in [0, 0.1) is 0 Å². The molecule has 0 bridgehead atoms. The summed E-state index contributed by atoms with van der Waals surface area (Å²) in [5, 5.41) is 0. The average molecular weight is 436 g/mol. The second kappa shape index (κ2) is 8.97. The lowest BCUT2D eigenvalue weighted by Crippen LogP contribution is -2.70. The van der Waals surface area contributed by atoms with E-state index in [4.69, 9.17) is 12.3 Å². The number of carbonyl (C=O) groups is 1. The van der Waals surface area contributed by atoms with Crippen LogP contribution in [0.25, 0.3) is 0 Å². The highest BCUT2D eigenvalue weighted by Crippen LogP contribution is 2.32. The molecule has 0 rings (SSSR count). The van der Waals surface area contributed by atoms with E-state index in [0.717, 1.165) is 6.42 Å². The maximum atomic E-state index is 12.7. The van der Waals surface area contributed by atoms with Gasteiger partial charge in [0.1, 0.15) is 0 Å². The quantitative estimate of drug-likeness (QED) is 0.364. The molecule has 0 heterocycles. The Balaban J connectivity index is 6.41. The third kappa shape index (κ3) is 8.76. The SMILES string of the molecule is C=C(C)C(=O)N(C)C(CC)[Si](O[Si](C)(C)C)(O[Si](C)(C)C)O[Si](C)(C)C. The van der Waals surface area contributed by atoms with E-state index in [2.05, 4.69) is 72.4 Å². The van der Waals surface area contributed by atoms with E-state index in [1.165, 1.54) is 0 Å². The van der Waals surface area contributed by atoms with Gasteiger partial charge in [-0.05, 0) is 72.3 Å². The molecular formula is C17H41NO4Si4. The Labute approximate surface area is 165 Å². The fourth-order valence-electron chi connectivity index (χ4n) is 2.75. The first kappa shape index (κ1) is 26.0. The van der Waals surface area contributed by atoms with Gasteiger partial charge in [0.15, 0.2) is 25.0 Å². The molecule has 0 saturated carbocycles. The van der Waals surface area contributed by atoms with Gasteiger partial charge in [0.25, 0.3) is 0 Å². The van der Waals surface area contributed by atoms with Crippen molar-refractivity contribution in [1.29, 1.82) is 0 Å². The zero-order chi connectivity index (χ0) is 21.1. The molecule has 0 aliphatic heterocycles. The molecule has 0 radical (unpaired) electrons. The molecule has 0 spiro atoms. The van der Waals surface area contributed by atoms with Crippen LogP contribution in [-0.4, -0.2) is 57.3 Å². The highest BCUT2D eigenvalue weighted by molar-refractivity contribution is 6.90. The second-order valence-electron chi connectivity index (χ2n) is 9.87. The number of nitrogens with zero attached hydrogens (tertiary/aromatic N) is 1. The van der Waals surface area contributed by atoms with Crippen LogP contribution in [-0.2, 0) is 17.1 Å². The summed E-state index contributed by atoms with van der Waals surface area (Å²) in [5.41, 5.74) is 0.305. The summed E-state index contributed by atoms with van der Waals surface area (Å²) in [6.07, 6.45) is 0.723. The number of likely N-dealkylation sites (N-methyl/N-ethyl adjacent to an activating group) is 1. The molecule has 0 aromatic carbocycles. The van der Waals surface area contributed by atoms with Crippen LogP contribution in [0.15, 0.2) is 12.2 Å². The van der Waals surface area contributed by atoms with E-state index >= 15 is 0 Å². The monoisotopic (exact) mass is 435 g/mol. The van der Waals surface area contributed by atoms with Crippen LogP contribution >= 0.6 is 0 Å². The van der Waals surface area contributed by atoms with Gasteiger partial charge < -0.3 is 17.2 Å². The van der Waals surface area contributed by atoms with Crippen molar-refractivity contribution in [3.63, 3.8) is 0 Å².